The van der Waals surface area contributed by atoms with Crippen LogP contribution in [0.2, 0.25) is 5.02 Å². The van der Waals surface area contributed by atoms with Crippen molar-refractivity contribution in [1.29, 1.82) is 0 Å². The molecule has 1 fully saturated rings. The van der Waals surface area contributed by atoms with Crippen molar-refractivity contribution in [2.24, 2.45) is 0 Å². The Balaban J connectivity index is 1.36. The van der Waals surface area contributed by atoms with Gasteiger partial charge in [-0.25, -0.2) is 23.1 Å². The molecule has 0 aliphatic heterocycles. The summed E-state index contributed by atoms with van der Waals surface area (Å²) in [5, 5.41) is 25.0. The molecule has 8 nitrogen and oxygen atoms in total. The molecule has 0 amide bonds. The Morgan fingerprint density at radius 2 is 1.91 bits per heavy atom. The minimum Gasteiger partial charge on any atom is -0.382 e. The molecule has 2 heterocycles. The smallest absolute Gasteiger partial charge is 0.137 e. The van der Waals surface area contributed by atoms with Crippen molar-refractivity contribution in [1.82, 2.24) is 34.7 Å². The van der Waals surface area contributed by atoms with Gasteiger partial charge in [0.1, 0.15) is 29.9 Å². The van der Waals surface area contributed by atoms with Gasteiger partial charge in [0.2, 0.25) is 0 Å². The maximum Gasteiger partial charge on any atom is 0.137 e. The monoisotopic (exact) mass is 499 g/mol. The van der Waals surface area contributed by atoms with Crippen LogP contribution in [0.1, 0.15) is 29.7 Å². The molecule has 0 bridgehead atoms. The van der Waals surface area contributed by atoms with Gasteiger partial charge in [0.05, 0.1) is 25.0 Å². The first-order chi connectivity index (χ1) is 16.9. The maximum absolute atomic E-state index is 14.8. The summed E-state index contributed by atoms with van der Waals surface area (Å²) in [4.78, 5) is 5.98. The molecule has 1 aliphatic rings. The van der Waals surface area contributed by atoms with E-state index in [0.717, 1.165) is 36.2 Å². The summed E-state index contributed by atoms with van der Waals surface area (Å²) in [6, 6.07) is 11.0. The van der Waals surface area contributed by atoms with Gasteiger partial charge in [-0.1, -0.05) is 35.0 Å². The van der Waals surface area contributed by atoms with Gasteiger partial charge in [0, 0.05) is 35.8 Å². The van der Waals surface area contributed by atoms with Crippen LogP contribution in [0.5, 0.6) is 0 Å². The summed E-state index contributed by atoms with van der Waals surface area (Å²) in [5.74, 6) is -1.51. The first-order valence-electron chi connectivity index (χ1n) is 11.3. The Hall–Kier alpha value is -3.21. The second-order valence-corrected chi connectivity index (χ2v) is 9.36. The largest absolute Gasteiger partial charge is 0.382 e. The number of aromatic nitrogens is 6. The number of benzene rings is 2. The average Bonchev–Trinajstić information content (AvgIpc) is 3.38. The van der Waals surface area contributed by atoms with Gasteiger partial charge in [-0.3, -0.25) is 4.90 Å². The van der Waals surface area contributed by atoms with Gasteiger partial charge in [-0.05, 0) is 36.6 Å². The van der Waals surface area contributed by atoms with E-state index in [9.17, 15) is 13.9 Å². The Bertz CT molecular complexity index is 1280. The van der Waals surface area contributed by atoms with Crippen LogP contribution in [0.25, 0.3) is 0 Å². The lowest BCUT2D eigenvalue weighted by Gasteiger charge is -2.34. The zero-order valence-corrected chi connectivity index (χ0v) is 19.6. The van der Waals surface area contributed by atoms with E-state index in [2.05, 4.69) is 25.3 Å². The van der Waals surface area contributed by atoms with Crippen molar-refractivity contribution in [2.75, 3.05) is 6.54 Å². The van der Waals surface area contributed by atoms with E-state index in [1.807, 2.05) is 30.5 Å². The van der Waals surface area contributed by atoms with Crippen molar-refractivity contribution in [3.05, 3.63) is 94.8 Å². The average molecular weight is 500 g/mol. The Morgan fingerprint density at radius 3 is 2.60 bits per heavy atom. The first kappa shape index (κ1) is 23.5. The van der Waals surface area contributed by atoms with E-state index in [1.165, 1.54) is 23.4 Å². The summed E-state index contributed by atoms with van der Waals surface area (Å²) in [6.45, 7) is 1.03. The van der Waals surface area contributed by atoms with Crippen LogP contribution in [0, 0.1) is 11.6 Å². The summed E-state index contributed by atoms with van der Waals surface area (Å²) < 4.78 is 31.6. The number of rotatable bonds is 10. The van der Waals surface area contributed by atoms with Crippen molar-refractivity contribution in [3.8, 4) is 0 Å². The molecule has 0 radical (unpaired) electrons. The molecule has 4 aromatic rings. The third-order valence-corrected chi connectivity index (χ3v) is 6.31. The summed E-state index contributed by atoms with van der Waals surface area (Å²) in [6.07, 6.45) is 6.59. The molecule has 1 aliphatic carbocycles. The lowest BCUT2D eigenvalue weighted by molar-refractivity contribution is -0.0262. The third-order valence-electron chi connectivity index (χ3n) is 6.06. The van der Waals surface area contributed by atoms with E-state index < -0.39 is 17.2 Å². The van der Waals surface area contributed by atoms with Gasteiger partial charge in [-0.2, -0.15) is 5.10 Å². The minimum absolute atomic E-state index is 0.00597. The van der Waals surface area contributed by atoms with Gasteiger partial charge in [0.25, 0.3) is 0 Å². The van der Waals surface area contributed by atoms with Crippen LogP contribution >= 0.6 is 11.6 Å². The molecule has 2 aromatic heterocycles. The van der Waals surface area contributed by atoms with Crippen LogP contribution in [-0.4, -0.2) is 52.4 Å². The lowest BCUT2D eigenvalue weighted by atomic mass is 9.92. The topological polar surface area (TPSA) is 84.9 Å². The number of aliphatic hydroxyl groups is 1. The molecule has 11 heteroatoms. The van der Waals surface area contributed by atoms with E-state index in [4.69, 9.17) is 11.6 Å². The number of hydrogen-bond acceptors (Lipinski definition) is 6. The van der Waals surface area contributed by atoms with Crippen molar-refractivity contribution >= 4 is 11.6 Å². The lowest BCUT2D eigenvalue weighted by Crippen LogP contribution is -2.45. The predicted octanol–water partition coefficient (Wildman–Crippen LogP) is 3.40. The van der Waals surface area contributed by atoms with Gasteiger partial charge < -0.3 is 5.11 Å². The molecule has 5 rings (SSSR count). The number of halogens is 3. The third kappa shape index (κ3) is 5.72. The highest BCUT2D eigenvalue weighted by Crippen LogP contribution is 2.34. The first-order valence-corrected chi connectivity index (χ1v) is 11.6. The second kappa shape index (κ2) is 9.80. The highest BCUT2D eigenvalue weighted by molar-refractivity contribution is 6.30. The molecule has 1 saturated carbocycles. The van der Waals surface area contributed by atoms with E-state index in [1.54, 1.807) is 4.68 Å². The van der Waals surface area contributed by atoms with Crippen LogP contribution in [-0.2, 0) is 25.2 Å². The SMILES string of the molecule is OC(CN(Cc1cn(Cc2ccc(Cl)cc2)nn1)C1CC1)(Cn1cncn1)c1ccc(F)cc1F. The van der Waals surface area contributed by atoms with Crippen LogP contribution in [0.4, 0.5) is 8.78 Å². The molecule has 35 heavy (non-hydrogen) atoms. The Kier molecular flexibility index (Phi) is 6.59. The molecule has 1 N–H and O–H groups in total. The van der Waals surface area contributed by atoms with Crippen LogP contribution < -0.4 is 0 Å². The predicted molar refractivity (Wildman–Crippen MR) is 124 cm³/mol. The second-order valence-electron chi connectivity index (χ2n) is 8.92. The molecule has 0 spiro atoms. The molecule has 1 unspecified atom stereocenters. The van der Waals surface area contributed by atoms with E-state index >= 15 is 0 Å². The molecule has 1 atom stereocenters. The summed E-state index contributed by atoms with van der Waals surface area (Å²) >= 11 is 5.96. The highest BCUT2D eigenvalue weighted by Gasteiger charge is 2.40. The van der Waals surface area contributed by atoms with Crippen LogP contribution in [0.3, 0.4) is 0 Å². The van der Waals surface area contributed by atoms with Crippen molar-refractivity contribution in [3.63, 3.8) is 0 Å². The fourth-order valence-electron chi connectivity index (χ4n) is 4.23. The van der Waals surface area contributed by atoms with E-state index in [-0.39, 0.29) is 24.7 Å². The van der Waals surface area contributed by atoms with Crippen molar-refractivity contribution in [2.45, 2.75) is 44.1 Å². The Morgan fingerprint density at radius 1 is 1.11 bits per heavy atom. The normalized spacial score (nSPS) is 15.5. The van der Waals surface area contributed by atoms with Gasteiger partial charge >= 0.3 is 0 Å². The summed E-state index contributed by atoms with van der Waals surface area (Å²) in [7, 11) is 0. The minimum atomic E-state index is -1.67. The summed E-state index contributed by atoms with van der Waals surface area (Å²) in [5.41, 5.74) is 0.104. The molecule has 0 saturated heterocycles. The fourth-order valence-corrected chi connectivity index (χ4v) is 4.36. The highest BCUT2D eigenvalue weighted by atomic mass is 35.5. The van der Waals surface area contributed by atoms with Gasteiger partial charge in [-0.15, -0.1) is 5.10 Å². The fraction of sp³-hybridized carbons (Fsp3) is 0.333. The van der Waals surface area contributed by atoms with E-state index in [0.29, 0.717) is 18.1 Å². The molecular weight excluding hydrogens is 476 g/mol. The van der Waals surface area contributed by atoms with Crippen molar-refractivity contribution < 1.29 is 13.9 Å². The zero-order chi connectivity index (χ0) is 24.4. The Labute approximate surface area is 205 Å². The number of nitrogens with zero attached hydrogens (tertiary/aromatic N) is 7. The molecule has 182 valence electrons. The zero-order valence-electron chi connectivity index (χ0n) is 18.8. The van der Waals surface area contributed by atoms with Crippen LogP contribution in [0.15, 0.2) is 61.3 Å². The molecular formula is C24H24ClF2N7O. The molecule has 2 aromatic carbocycles. The standard InChI is InChI=1S/C24H24ClF2N7O/c25-18-3-1-17(2-4-18)10-33-12-20(30-31-33)11-32(21-6-7-21)13-24(35,14-34-16-28-15-29-34)22-8-5-19(26)9-23(22)27/h1-5,8-9,12,15-16,21,35H,6-7,10-11,13-14H2. The quantitative estimate of drug-likeness (QED) is 0.360. The van der Waals surface area contributed by atoms with Gasteiger partial charge in [0.15, 0.2) is 0 Å². The number of hydrogen-bond donors (Lipinski definition) is 1. The maximum atomic E-state index is 14.8.